The van der Waals surface area contributed by atoms with Crippen molar-refractivity contribution in [3.05, 3.63) is 54.0 Å². The van der Waals surface area contributed by atoms with Gasteiger partial charge in [-0.1, -0.05) is 0 Å². The molecule has 3 N–H and O–H groups in total. The van der Waals surface area contributed by atoms with Crippen LogP contribution in [-0.4, -0.2) is 66.6 Å². The fraction of sp³-hybridized carbons (Fsp3) is 0.333. The first-order valence-electron chi connectivity index (χ1n) is 12.1. The van der Waals surface area contributed by atoms with Crippen molar-refractivity contribution >= 4 is 29.3 Å². The number of benzene rings is 1. The zero-order valence-electron chi connectivity index (χ0n) is 22.6. The van der Waals surface area contributed by atoms with E-state index in [2.05, 4.69) is 9.98 Å². The predicted molar refractivity (Wildman–Crippen MR) is 143 cm³/mol. The number of nitrogens with zero attached hydrogens (tertiary/aromatic N) is 3. The van der Waals surface area contributed by atoms with Gasteiger partial charge in [0.05, 0.1) is 32.7 Å². The van der Waals surface area contributed by atoms with E-state index in [0.717, 1.165) is 0 Å². The molecule has 0 fully saturated rings. The molecule has 3 aromatic rings. The molecule has 0 saturated carbocycles. The summed E-state index contributed by atoms with van der Waals surface area (Å²) in [5.74, 6) is -1.41. The van der Waals surface area contributed by atoms with E-state index in [1.165, 1.54) is 38.8 Å². The lowest BCUT2D eigenvalue weighted by molar-refractivity contribution is -0.148. The van der Waals surface area contributed by atoms with Gasteiger partial charge >= 0.3 is 12.1 Å². The van der Waals surface area contributed by atoms with Crippen molar-refractivity contribution in [2.24, 2.45) is 10.7 Å². The molecule has 0 atom stereocenters. The summed E-state index contributed by atoms with van der Waals surface area (Å²) in [6, 6.07) is 6.56. The summed E-state index contributed by atoms with van der Waals surface area (Å²) in [7, 11) is 2.59. The number of amides is 1. The average Bonchev–Trinajstić information content (AvgIpc) is 3.34. The van der Waals surface area contributed by atoms with Crippen molar-refractivity contribution in [2.45, 2.75) is 32.5 Å². The fourth-order valence-electron chi connectivity index (χ4n) is 3.73. The van der Waals surface area contributed by atoms with Gasteiger partial charge in [0.25, 0.3) is 5.91 Å². The number of hydrogen-bond donors (Lipinski definition) is 2. The van der Waals surface area contributed by atoms with Crippen LogP contribution in [0.15, 0.2) is 47.9 Å². The number of rotatable bonds is 10. The standard InChI is InChI=1S/C27H30F3N5O5/c1-6-40-25(37)26(2,3)34-13-18(12-31)16-7-8-35-19(14-32-22(35)11-16)17-9-20(38-4)23(21(10-17)39-5)24(36)33-15-27(28,29)30/h7-14H,6,15,31H2,1-5H3,(H,33,36). The minimum absolute atomic E-state index is 0.0226. The number of pyridine rings is 1. The molecule has 0 spiro atoms. The van der Waals surface area contributed by atoms with Gasteiger partial charge in [-0.2, -0.15) is 13.2 Å². The molecule has 10 nitrogen and oxygen atoms in total. The number of esters is 1. The van der Waals surface area contributed by atoms with Crippen LogP contribution in [0, 0.1) is 0 Å². The first-order valence-corrected chi connectivity index (χ1v) is 12.1. The zero-order chi connectivity index (χ0) is 29.7. The molecular weight excluding hydrogens is 531 g/mol. The molecule has 0 aliphatic rings. The molecule has 40 heavy (non-hydrogen) atoms. The molecule has 0 unspecified atom stereocenters. The van der Waals surface area contributed by atoms with E-state index in [1.807, 2.05) is 5.32 Å². The Morgan fingerprint density at radius 2 is 1.80 bits per heavy atom. The van der Waals surface area contributed by atoms with E-state index in [-0.39, 0.29) is 23.7 Å². The maximum absolute atomic E-state index is 12.6. The summed E-state index contributed by atoms with van der Waals surface area (Å²) in [5, 5.41) is 1.83. The third kappa shape index (κ3) is 6.71. The summed E-state index contributed by atoms with van der Waals surface area (Å²) in [6.45, 7) is 3.72. The number of allylic oxidation sites excluding steroid dienone is 1. The van der Waals surface area contributed by atoms with E-state index in [4.69, 9.17) is 19.9 Å². The number of aromatic nitrogens is 2. The molecule has 13 heteroatoms. The number of methoxy groups -OCH3 is 2. The second-order valence-corrected chi connectivity index (χ2v) is 9.00. The second kappa shape index (κ2) is 12.1. The van der Waals surface area contributed by atoms with Crippen LogP contribution in [0.3, 0.4) is 0 Å². The van der Waals surface area contributed by atoms with E-state index < -0.39 is 30.1 Å². The van der Waals surface area contributed by atoms with E-state index >= 15 is 0 Å². The van der Waals surface area contributed by atoms with Crippen LogP contribution in [0.25, 0.3) is 22.5 Å². The van der Waals surface area contributed by atoms with Gasteiger partial charge in [0.2, 0.25) is 0 Å². The SMILES string of the molecule is CCOC(=O)C(C)(C)N=CC(=CN)c1ccn2c(-c3cc(OC)c(C(=O)NCC(F)(F)F)c(OC)c3)cnc2c1. The number of carbonyl (C=O) groups excluding carboxylic acids is 2. The number of fused-ring (bicyclic) bond motifs is 1. The van der Waals surface area contributed by atoms with Gasteiger partial charge < -0.3 is 25.3 Å². The monoisotopic (exact) mass is 561 g/mol. The van der Waals surface area contributed by atoms with E-state index in [0.29, 0.717) is 28.0 Å². The molecule has 214 valence electrons. The summed E-state index contributed by atoms with van der Waals surface area (Å²) < 4.78 is 55.3. The van der Waals surface area contributed by atoms with Crippen molar-refractivity contribution in [1.82, 2.24) is 14.7 Å². The lowest BCUT2D eigenvalue weighted by atomic mass is 10.1. The highest BCUT2D eigenvalue weighted by atomic mass is 19.4. The Morgan fingerprint density at radius 3 is 2.35 bits per heavy atom. The number of ether oxygens (including phenoxy) is 3. The smallest absolute Gasteiger partial charge is 0.405 e. The largest absolute Gasteiger partial charge is 0.496 e. The highest BCUT2D eigenvalue weighted by molar-refractivity contribution is 6.10. The first-order chi connectivity index (χ1) is 18.8. The van der Waals surface area contributed by atoms with Crippen LogP contribution in [0.2, 0.25) is 0 Å². The van der Waals surface area contributed by atoms with Crippen LogP contribution in [-0.2, 0) is 9.53 Å². The Kier molecular flexibility index (Phi) is 9.07. The maximum Gasteiger partial charge on any atom is 0.405 e. The molecule has 1 amide bonds. The fourth-order valence-corrected chi connectivity index (χ4v) is 3.73. The lowest BCUT2D eigenvalue weighted by Crippen LogP contribution is -2.34. The number of nitrogens with one attached hydrogen (secondary N) is 1. The van der Waals surface area contributed by atoms with Crippen molar-refractivity contribution in [3.8, 4) is 22.8 Å². The van der Waals surface area contributed by atoms with Crippen LogP contribution in [0.1, 0.15) is 36.7 Å². The third-order valence-electron chi connectivity index (χ3n) is 5.81. The highest BCUT2D eigenvalue weighted by Gasteiger charge is 2.30. The van der Waals surface area contributed by atoms with Gasteiger partial charge in [-0.25, -0.2) is 9.78 Å². The Labute approximate surface area is 228 Å². The molecular formula is C27H30F3N5O5. The molecule has 2 aromatic heterocycles. The van der Waals surface area contributed by atoms with Crippen molar-refractivity contribution in [2.75, 3.05) is 27.4 Å². The number of aliphatic imine (C=N–C) groups is 1. The second-order valence-electron chi connectivity index (χ2n) is 9.00. The minimum atomic E-state index is -4.58. The Morgan fingerprint density at radius 1 is 1.15 bits per heavy atom. The van der Waals surface area contributed by atoms with Crippen LogP contribution in [0.4, 0.5) is 13.2 Å². The number of imidazole rings is 1. The Balaban J connectivity index is 1.97. The van der Waals surface area contributed by atoms with Crippen molar-refractivity contribution in [1.29, 1.82) is 0 Å². The normalized spacial score (nSPS) is 12.6. The van der Waals surface area contributed by atoms with Gasteiger partial charge in [0.1, 0.15) is 29.3 Å². The number of hydrogen-bond acceptors (Lipinski definition) is 8. The minimum Gasteiger partial charge on any atom is -0.496 e. The molecule has 0 aliphatic heterocycles. The molecule has 0 bridgehead atoms. The van der Waals surface area contributed by atoms with Crippen molar-refractivity contribution < 1.29 is 37.0 Å². The number of alkyl halides is 3. The number of carbonyl (C=O) groups is 2. The summed E-state index contributed by atoms with van der Waals surface area (Å²) >= 11 is 0. The number of nitrogens with two attached hydrogens (primary N) is 1. The van der Waals surface area contributed by atoms with Gasteiger partial charge in [0, 0.05) is 29.7 Å². The zero-order valence-corrected chi connectivity index (χ0v) is 22.6. The Bertz CT molecular complexity index is 1440. The third-order valence-corrected chi connectivity index (χ3v) is 5.81. The van der Waals surface area contributed by atoms with Crippen molar-refractivity contribution in [3.63, 3.8) is 0 Å². The average molecular weight is 562 g/mol. The number of halogens is 3. The molecule has 1 aromatic carbocycles. The highest BCUT2D eigenvalue weighted by Crippen LogP contribution is 2.35. The van der Waals surface area contributed by atoms with Gasteiger partial charge in [-0.15, -0.1) is 0 Å². The summed E-state index contributed by atoms with van der Waals surface area (Å²) in [6.07, 6.45) is 1.60. The topological polar surface area (TPSA) is 130 Å². The van der Waals surface area contributed by atoms with Gasteiger partial charge in [-0.05, 0) is 50.6 Å². The van der Waals surface area contributed by atoms with Crippen LogP contribution in [0.5, 0.6) is 11.5 Å². The molecule has 2 heterocycles. The molecule has 0 radical (unpaired) electrons. The molecule has 0 aliphatic carbocycles. The molecule has 0 saturated heterocycles. The maximum atomic E-state index is 12.6. The van der Waals surface area contributed by atoms with Crippen LogP contribution >= 0.6 is 0 Å². The molecule has 3 rings (SSSR count). The van der Waals surface area contributed by atoms with Gasteiger partial charge in [-0.3, -0.25) is 14.2 Å². The van der Waals surface area contributed by atoms with Crippen LogP contribution < -0.4 is 20.5 Å². The lowest BCUT2D eigenvalue weighted by Gasteiger charge is -2.17. The summed E-state index contributed by atoms with van der Waals surface area (Å²) in [5.41, 5.74) is 7.45. The first kappa shape index (κ1) is 30.0. The van der Waals surface area contributed by atoms with E-state index in [1.54, 1.807) is 49.7 Å². The van der Waals surface area contributed by atoms with E-state index in [9.17, 15) is 22.8 Å². The summed E-state index contributed by atoms with van der Waals surface area (Å²) in [4.78, 5) is 33.5. The quantitative estimate of drug-likeness (QED) is 0.283. The Hall–Kier alpha value is -4.55. The van der Waals surface area contributed by atoms with Gasteiger partial charge in [0.15, 0.2) is 5.54 Å². The predicted octanol–water partition coefficient (Wildman–Crippen LogP) is 4.02.